The summed E-state index contributed by atoms with van der Waals surface area (Å²) in [4.78, 5) is 29.8. The molecular formula is C14H17BrN2O2. The van der Waals surface area contributed by atoms with Crippen LogP contribution in [0.3, 0.4) is 0 Å². The van der Waals surface area contributed by atoms with E-state index in [1.54, 1.807) is 24.1 Å². The molecule has 1 saturated heterocycles. The summed E-state index contributed by atoms with van der Waals surface area (Å²) in [6, 6.07) is 3.61. The molecule has 0 aromatic carbocycles. The van der Waals surface area contributed by atoms with Gasteiger partial charge in [-0.2, -0.15) is 0 Å². The van der Waals surface area contributed by atoms with E-state index >= 15 is 0 Å². The Balaban J connectivity index is 2.20. The summed E-state index contributed by atoms with van der Waals surface area (Å²) in [6.07, 6.45) is 5.02. The van der Waals surface area contributed by atoms with Gasteiger partial charge in [0.1, 0.15) is 11.5 Å². The molecule has 1 aromatic rings. The number of hydrogen-bond acceptors (Lipinski definition) is 3. The fourth-order valence-electron chi connectivity index (χ4n) is 2.49. The zero-order chi connectivity index (χ0) is 13.8. The van der Waals surface area contributed by atoms with Crippen LogP contribution in [0.15, 0.2) is 22.8 Å². The van der Waals surface area contributed by atoms with Crippen molar-refractivity contribution in [3.63, 3.8) is 0 Å². The first-order valence-corrected chi connectivity index (χ1v) is 7.30. The van der Waals surface area contributed by atoms with Crippen LogP contribution in [0.4, 0.5) is 0 Å². The highest BCUT2D eigenvalue weighted by molar-refractivity contribution is 9.10. The van der Waals surface area contributed by atoms with Crippen LogP contribution in [0.5, 0.6) is 0 Å². The van der Waals surface area contributed by atoms with E-state index in [2.05, 4.69) is 20.9 Å². The van der Waals surface area contributed by atoms with E-state index in [9.17, 15) is 9.59 Å². The topological polar surface area (TPSA) is 50.3 Å². The van der Waals surface area contributed by atoms with Crippen LogP contribution in [0.25, 0.3) is 0 Å². The van der Waals surface area contributed by atoms with Crippen LogP contribution < -0.4 is 0 Å². The van der Waals surface area contributed by atoms with Gasteiger partial charge in [0.25, 0.3) is 5.91 Å². The fraction of sp³-hybridized carbons (Fsp3) is 0.500. The Kier molecular flexibility index (Phi) is 4.69. The van der Waals surface area contributed by atoms with Crippen molar-refractivity contribution in [3.05, 3.63) is 28.5 Å². The predicted octanol–water partition coefficient (Wildman–Crippen LogP) is 2.82. The van der Waals surface area contributed by atoms with Crippen molar-refractivity contribution in [2.75, 3.05) is 6.54 Å². The molecular weight excluding hydrogens is 308 g/mol. The molecule has 0 N–H and O–H groups in total. The van der Waals surface area contributed by atoms with Gasteiger partial charge < -0.3 is 4.90 Å². The van der Waals surface area contributed by atoms with Crippen LogP contribution in [0.2, 0.25) is 0 Å². The maximum absolute atomic E-state index is 12.5. The molecule has 1 aliphatic heterocycles. The van der Waals surface area contributed by atoms with Gasteiger partial charge in [-0.3, -0.25) is 9.59 Å². The Labute approximate surface area is 121 Å². The molecule has 0 bridgehead atoms. The van der Waals surface area contributed by atoms with Crippen molar-refractivity contribution in [3.8, 4) is 0 Å². The minimum Gasteiger partial charge on any atom is -0.334 e. The zero-order valence-electron chi connectivity index (χ0n) is 10.9. The molecule has 19 heavy (non-hydrogen) atoms. The fourth-order valence-corrected chi connectivity index (χ4v) is 2.92. The lowest BCUT2D eigenvalue weighted by Gasteiger charge is -2.35. The Morgan fingerprint density at radius 1 is 1.47 bits per heavy atom. The van der Waals surface area contributed by atoms with Crippen LogP contribution in [-0.2, 0) is 4.79 Å². The number of pyridine rings is 1. The number of rotatable bonds is 3. The third kappa shape index (κ3) is 3.41. The van der Waals surface area contributed by atoms with Crippen molar-refractivity contribution in [2.45, 2.75) is 38.6 Å². The number of ketones is 1. The highest BCUT2D eigenvalue weighted by Gasteiger charge is 2.29. The number of amides is 1. The number of Topliss-reactive ketones (excluding diaryl/α,β-unsaturated/α-hetero) is 1. The minimum absolute atomic E-state index is 0.0210. The zero-order valence-corrected chi connectivity index (χ0v) is 12.5. The van der Waals surface area contributed by atoms with Crippen LogP contribution >= 0.6 is 15.9 Å². The standard InChI is InChI=1S/C14H17BrN2O2/c1-10(18)9-11-5-2-3-8-17(11)14(19)13-12(15)6-4-7-16-13/h4,6-7,11H,2-3,5,8-9H2,1H3. The molecule has 1 amide bonds. The Morgan fingerprint density at radius 2 is 2.26 bits per heavy atom. The summed E-state index contributed by atoms with van der Waals surface area (Å²) in [7, 11) is 0. The molecule has 0 spiro atoms. The molecule has 2 heterocycles. The molecule has 1 aromatic heterocycles. The molecule has 4 nitrogen and oxygen atoms in total. The molecule has 0 aliphatic carbocycles. The van der Waals surface area contributed by atoms with Gasteiger partial charge in [0.2, 0.25) is 0 Å². The molecule has 102 valence electrons. The van der Waals surface area contributed by atoms with Gasteiger partial charge in [-0.1, -0.05) is 0 Å². The third-order valence-electron chi connectivity index (χ3n) is 3.37. The average Bonchev–Trinajstić information content (AvgIpc) is 2.38. The van der Waals surface area contributed by atoms with Gasteiger partial charge in [-0.25, -0.2) is 4.98 Å². The number of piperidine rings is 1. The summed E-state index contributed by atoms with van der Waals surface area (Å²) in [5.74, 6) is 0.0446. The van der Waals surface area contributed by atoms with E-state index in [1.807, 2.05) is 6.07 Å². The van der Waals surface area contributed by atoms with Gasteiger partial charge in [0.15, 0.2) is 0 Å². The summed E-state index contributed by atoms with van der Waals surface area (Å²) in [6.45, 7) is 2.29. The Bertz CT molecular complexity index is 490. The van der Waals surface area contributed by atoms with Gasteiger partial charge in [-0.15, -0.1) is 0 Å². The molecule has 5 heteroatoms. The predicted molar refractivity (Wildman–Crippen MR) is 75.9 cm³/mol. The Morgan fingerprint density at radius 3 is 2.95 bits per heavy atom. The number of carbonyl (C=O) groups is 2. The molecule has 1 atom stereocenters. The van der Waals surface area contributed by atoms with Gasteiger partial charge in [0.05, 0.1) is 0 Å². The van der Waals surface area contributed by atoms with E-state index in [-0.39, 0.29) is 17.7 Å². The van der Waals surface area contributed by atoms with Gasteiger partial charge in [-0.05, 0) is 54.2 Å². The first-order valence-electron chi connectivity index (χ1n) is 6.50. The van der Waals surface area contributed by atoms with Gasteiger partial charge >= 0.3 is 0 Å². The second-order valence-corrected chi connectivity index (χ2v) is 5.74. The third-order valence-corrected chi connectivity index (χ3v) is 4.01. The van der Waals surface area contributed by atoms with E-state index < -0.39 is 0 Å². The highest BCUT2D eigenvalue weighted by atomic mass is 79.9. The first kappa shape index (κ1) is 14.2. The normalized spacial score (nSPS) is 19.3. The van der Waals surface area contributed by atoms with E-state index in [4.69, 9.17) is 0 Å². The smallest absolute Gasteiger partial charge is 0.273 e. The number of halogens is 1. The van der Waals surface area contributed by atoms with Crippen molar-refractivity contribution >= 4 is 27.6 Å². The molecule has 1 aliphatic rings. The number of nitrogens with zero attached hydrogens (tertiary/aromatic N) is 2. The molecule has 2 rings (SSSR count). The number of aromatic nitrogens is 1. The van der Waals surface area contributed by atoms with Crippen molar-refractivity contribution in [1.29, 1.82) is 0 Å². The second kappa shape index (κ2) is 6.28. The summed E-state index contributed by atoms with van der Waals surface area (Å²) in [5.41, 5.74) is 0.429. The number of hydrogen-bond donors (Lipinski definition) is 0. The molecule has 0 radical (unpaired) electrons. The second-order valence-electron chi connectivity index (χ2n) is 4.89. The lowest BCUT2D eigenvalue weighted by Crippen LogP contribution is -2.45. The van der Waals surface area contributed by atoms with Crippen LogP contribution in [0, 0.1) is 0 Å². The SMILES string of the molecule is CC(=O)CC1CCCCN1C(=O)c1ncccc1Br. The monoisotopic (exact) mass is 324 g/mol. The van der Waals surface area contributed by atoms with E-state index in [0.717, 1.165) is 19.3 Å². The average molecular weight is 325 g/mol. The first-order chi connectivity index (χ1) is 9.09. The summed E-state index contributed by atoms with van der Waals surface area (Å²) < 4.78 is 0.701. The maximum Gasteiger partial charge on any atom is 0.273 e. The van der Waals surface area contributed by atoms with Crippen molar-refractivity contribution < 1.29 is 9.59 Å². The molecule has 1 fully saturated rings. The largest absolute Gasteiger partial charge is 0.334 e. The van der Waals surface area contributed by atoms with Gasteiger partial charge in [0, 0.05) is 29.7 Å². The highest BCUT2D eigenvalue weighted by Crippen LogP contribution is 2.24. The maximum atomic E-state index is 12.5. The van der Waals surface area contributed by atoms with Crippen LogP contribution in [0.1, 0.15) is 43.1 Å². The number of likely N-dealkylation sites (tertiary alicyclic amines) is 1. The van der Waals surface area contributed by atoms with Crippen molar-refractivity contribution in [1.82, 2.24) is 9.88 Å². The van der Waals surface area contributed by atoms with E-state index in [0.29, 0.717) is 23.1 Å². The summed E-state index contributed by atoms with van der Waals surface area (Å²) in [5, 5.41) is 0. The lowest BCUT2D eigenvalue weighted by molar-refractivity contribution is -0.118. The van der Waals surface area contributed by atoms with Crippen LogP contribution in [-0.4, -0.2) is 34.2 Å². The minimum atomic E-state index is -0.0848. The molecule has 0 saturated carbocycles. The number of carbonyl (C=O) groups excluding carboxylic acids is 2. The Hall–Kier alpha value is -1.23. The quantitative estimate of drug-likeness (QED) is 0.859. The molecule has 1 unspecified atom stereocenters. The van der Waals surface area contributed by atoms with Crippen molar-refractivity contribution in [2.24, 2.45) is 0 Å². The van der Waals surface area contributed by atoms with E-state index in [1.165, 1.54) is 0 Å². The summed E-state index contributed by atoms with van der Waals surface area (Å²) >= 11 is 3.36. The lowest BCUT2D eigenvalue weighted by atomic mass is 9.97.